The average molecular weight is 345 g/mol. The highest BCUT2D eigenvalue weighted by atomic mass is 16.3. The lowest BCUT2D eigenvalue weighted by Gasteiger charge is -2.23. The zero-order valence-electron chi connectivity index (χ0n) is 15.9. The van der Waals surface area contributed by atoms with E-state index < -0.39 is 5.60 Å². The summed E-state index contributed by atoms with van der Waals surface area (Å²) in [5.74, 6) is 0.763. The Hall–Kier alpha value is -2.01. The second-order valence-corrected chi connectivity index (χ2v) is 6.61. The van der Waals surface area contributed by atoms with Gasteiger partial charge in [0.1, 0.15) is 0 Å². The molecule has 2 aromatic rings. The number of nitrogens with one attached hydrogen (secondary N) is 3. The van der Waals surface area contributed by atoms with E-state index in [0.717, 1.165) is 25.5 Å². The number of aromatic amines is 1. The van der Waals surface area contributed by atoms with Crippen molar-refractivity contribution in [2.24, 2.45) is 4.99 Å². The van der Waals surface area contributed by atoms with E-state index in [4.69, 9.17) is 0 Å². The van der Waals surface area contributed by atoms with Crippen LogP contribution in [0.15, 0.2) is 29.4 Å². The van der Waals surface area contributed by atoms with Crippen LogP contribution in [0.2, 0.25) is 0 Å². The quantitative estimate of drug-likeness (QED) is 0.439. The number of aliphatic imine (C=N–C) groups is 1. The number of H-pyrrole nitrogens is 1. The Morgan fingerprint density at radius 1 is 1.20 bits per heavy atom. The highest BCUT2D eigenvalue weighted by Gasteiger charge is 2.21. The van der Waals surface area contributed by atoms with Gasteiger partial charge >= 0.3 is 0 Å². The number of rotatable bonds is 8. The number of aryl methyl sites for hydroxylation is 1. The molecule has 0 aliphatic heterocycles. The van der Waals surface area contributed by atoms with Crippen LogP contribution in [-0.2, 0) is 6.42 Å². The molecule has 0 saturated carbocycles. The van der Waals surface area contributed by atoms with E-state index in [1.165, 1.54) is 22.0 Å². The molecule has 0 aliphatic rings. The first-order valence-electron chi connectivity index (χ1n) is 9.33. The summed E-state index contributed by atoms with van der Waals surface area (Å²) < 4.78 is 0. The van der Waals surface area contributed by atoms with E-state index in [0.29, 0.717) is 19.4 Å². The minimum atomic E-state index is -0.712. The van der Waals surface area contributed by atoms with E-state index in [1.54, 1.807) is 0 Å². The van der Waals surface area contributed by atoms with Crippen molar-refractivity contribution in [3.8, 4) is 0 Å². The van der Waals surface area contributed by atoms with Crippen LogP contribution in [0, 0.1) is 6.92 Å². The highest BCUT2D eigenvalue weighted by Crippen LogP contribution is 2.22. The summed E-state index contributed by atoms with van der Waals surface area (Å²) in [5, 5.41) is 18.4. The van der Waals surface area contributed by atoms with E-state index in [9.17, 15) is 5.11 Å². The molecule has 0 aliphatic carbocycles. The molecule has 138 valence electrons. The van der Waals surface area contributed by atoms with Crippen LogP contribution in [0.4, 0.5) is 0 Å². The van der Waals surface area contributed by atoms with Gasteiger partial charge in [-0.3, -0.25) is 4.99 Å². The Labute approximate surface area is 150 Å². The normalized spacial score (nSPS) is 12.6. The maximum atomic E-state index is 10.4. The summed E-state index contributed by atoms with van der Waals surface area (Å²) in [6.45, 7) is 10.2. The predicted molar refractivity (Wildman–Crippen MR) is 106 cm³/mol. The molecule has 0 amide bonds. The molecule has 0 bridgehead atoms. The molecule has 25 heavy (non-hydrogen) atoms. The van der Waals surface area contributed by atoms with E-state index >= 15 is 0 Å². The van der Waals surface area contributed by atoms with Crippen molar-refractivity contribution in [1.82, 2.24) is 15.6 Å². The standard InChI is InChI=1S/C20H32N4O/c1-5-20(25,6-2)14-24-19(21-7-3)22-12-11-16-13-23-17-10-8-9-15(4)18(16)17/h8-10,13,23,25H,5-7,11-12,14H2,1-4H3,(H2,21,22,24). The van der Waals surface area contributed by atoms with Gasteiger partial charge < -0.3 is 20.7 Å². The number of aliphatic hydroxyl groups is 1. The van der Waals surface area contributed by atoms with Crippen LogP contribution in [0.3, 0.4) is 0 Å². The summed E-state index contributed by atoms with van der Waals surface area (Å²) in [6, 6.07) is 6.34. The van der Waals surface area contributed by atoms with E-state index in [1.807, 2.05) is 20.8 Å². The summed E-state index contributed by atoms with van der Waals surface area (Å²) in [5.41, 5.74) is 3.09. The Bertz CT molecular complexity index is 701. The van der Waals surface area contributed by atoms with Gasteiger partial charge in [0.15, 0.2) is 5.96 Å². The molecule has 0 spiro atoms. The van der Waals surface area contributed by atoms with Gasteiger partial charge in [-0.05, 0) is 50.3 Å². The van der Waals surface area contributed by atoms with Crippen molar-refractivity contribution < 1.29 is 5.11 Å². The number of guanidine groups is 1. The molecule has 1 aromatic carbocycles. The molecule has 5 heteroatoms. The molecule has 0 saturated heterocycles. The minimum absolute atomic E-state index is 0.418. The van der Waals surface area contributed by atoms with Crippen molar-refractivity contribution in [3.05, 3.63) is 35.5 Å². The van der Waals surface area contributed by atoms with Crippen LogP contribution >= 0.6 is 0 Å². The molecule has 0 unspecified atom stereocenters. The minimum Gasteiger partial charge on any atom is -0.388 e. The van der Waals surface area contributed by atoms with Gasteiger partial charge in [-0.25, -0.2) is 0 Å². The lowest BCUT2D eigenvalue weighted by molar-refractivity contribution is 0.0418. The third-order valence-corrected chi connectivity index (χ3v) is 4.87. The topological polar surface area (TPSA) is 72.4 Å². The van der Waals surface area contributed by atoms with E-state index in [-0.39, 0.29) is 0 Å². The van der Waals surface area contributed by atoms with Crippen molar-refractivity contribution in [3.63, 3.8) is 0 Å². The maximum absolute atomic E-state index is 10.4. The molecule has 5 nitrogen and oxygen atoms in total. The maximum Gasteiger partial charge on any atom is 0.191 e. The Balaban J connectivity index is 1.99. The van der Waals surface area contributed by atoms with Crippen LogP contribution in [0.5, 0.6) is 0 Å². The van der Waals surface area contributed by atoms with Crippen molar-refractivity contribution in [1.29, 1.82) is 0 Å². The first kappa shape index (κ1) is 19.3. The van der Waals surface area contributed by atoms with Gasteiger partial charge in [0.25, 0.3) is 0 Å². The molecule has 0 radical (unpaired) electrons. The van der Waals surface area contributed by atoms with Crippen LogP contribution in [0.25, 0.3) is 10.9 Å². The molecule has 1 heterocycles. The lowest BCUT2D eigenvalue weighted by Crippen LogP contribution is -2.40. The van der Waals surface area contributed by atoms with Crippen molar-refractivity contribution in [2.45, 2.75) is 52.6 Å². The van der Waals surface area contributed by atoms with Crippen molar-refractivity contribution >= 4 is 16.9 Å². The molecular formula is C20H32N4O. The second-order valence-electron chi connectivity index (χ2n) is 6.61. The number of benzene rings is 1. The highest BCUT2D eigenvalue weighted by molar-refractivity contribution is 5.86. The SMILES string of the molecule is CCNC(=NCC(O)(CC)CC)NCCc1c[nH]c2cccc(C)c12. The van der Waals surface area contributed by atoms with E-state index in [2.05, 4.69) is 51.9 Å². The molecule has 0 atom stereocenters. The monoisotopic (exact) mass is 344 g/mol. The Kier molecular flexibility index (Phi) is 6.88. The number of aromatic nitrogens is 1. The average Bonchev–Trinajstić information content (AvgIpc) is 3.04. The predicted octanol–water partition coefficient (Wildman–Crippen LogP) is 3.13. The van der Waals surface area contributed by atoms with Crippen LogP contribution in [-0.4, -0.2) is 41.3 Å². The molecule has 2 rings (SSSR count). The molecule has 0 fully saturated rings. The summed E-state index contributed by atoms with van der Waals surface area (Å²) >= 11 is 0. The van der Waals surface area contributed by atoms with Crippen LogP contribution in [0.1, 0.15) is 44.7 Å². The number of nitrogens with zero attached hydrogens (tertiary/aromatic N) is 1. The third-order valence-electron chi connectivity index (χ3n) is 4.87. The number of hydrogen-bond acceptors (Lipinski definition) is 2. The summed E-state index contributed by atoms with van der Waals surface area (Å²) in [7, 11) is 0. The van der Waals surface area contributed by atoms with Gasteiger partial charge in [-0.2, -0.15) is 0 Å². The Morgan fingerprint density at radius 3 is 2.64 bits per heavy atom. The van der Waals surface area contributed by atoms with Gasteiger partial charge in [0, 0.05) is 30.2 Å². The number of hydrogen-bond donors (Lipinski definition) is 4. The Morgan fingerprint density at radius 2 is 1.96 bits per heavy atom. The fourth-order valence-electron chi connectivity index (χ4n) is 3.01. The summed E-state index contributed by atoms with van der Waals surface area (Å²) in [4.78, 5) is 7.91. The zero-order valence-corrected chi connectivity index (χ0v) is 15.9. The smallest absolute Gasteiger partial charge is 0.191 e. The van der Waals surface area contributed by atoms with Crippen molar-refractivity contribution in [2.75, 3.05) is 19.6 Å². The fourth-order valence-corrected chi connectivity index (χ4v) is 3.01. The van der Waals surface area contributed by atoms with Gasteiger partial charge in [0.05, 0.1) is 12.1 Å². The molecular weight excluding hydrogens is 312 g/mol. The molecule has 4 N–H and O–H groups in total. The first-order valence-corrected chi connectivity index (χ1v) is 9.33. The molecule has 1 aromatic heterocycles. The third kappa shape index (κ3) is 4.98. The van der Waals surface area contributed by atoms with Crippen LogP contribution < -0.4 is 10.6 Å². The van der Waals surface area contributed by atoms with Gasteiger partial charge in [0.2, 0.25) is 0 Å². The summed E-state index contributed by atoms with van der Waals surface area (Å²) in [6.07, 6.45) is 4.43. The lowest BCUT2D eigenvalue weighted by atomic mass is 9.98. The largest absolute Gasteiger partial charge is 0.388 e. The second kappa shape index (κ2) is 8.90. The zero-order chi connectivity index (χ0) is 18.3. The van der Waals surface area contributed by atoms with Gasteiger partial charge in [-0.15, -0.1) is 0 Å². The van der Waals surface area contributed by atoms with Gasteiger partial charge in [-0.1, -0.05) is 26.0 Å². The first-order chi connectivity index (χ1) is 12.0. The fraction of sp³-hybridized carbons (Fsp3) is 0.550. The number of fused-ring (bicyclic) bond motifs is 1.